The minimum atomic E-state index is 0.212. The molecule has 0 bridgehead atoms. The summed E-state index contributed by atoms with van der Waals surface area (Å²) in [6, 6.07) is 18.7. The van der Waals surface area contributed by atoms with E-state index in [9.17, 15) is 0 Å². The van der Waals surface area contributed by atoms with E-state index in [1.807, 2.05) is 0 Å². The molecule has 5 rings (SSSR count). The minimum Gasteiger partial charge on any atom is -0.0801 e. The molecule has 2 aliphatic carbocycles. The van der Waals surface area contributed by atoms with E-state index >= 15 is 0 Å². The zero-order valence-electron chi connectivity index (χ0n) is 17.1. The van der Waals surface area contributed by atoms with Crippen molar-refractivity contribution in [2.75, 3.05) is 0 Å². The average molecular weight is 365 g/mol. The zero-order chi connectivity index (χ0) is 19.3. The predicted octanol–water partition coefficient (Wildman–Crippen LogP) is 5.85. The van der Waals surface area contributed by atoms with Crippen LogP contribution in [0.3, 0.4) is 0 Å². The van der Waals surface area contributed by atoms with Gasteiger partial charge in [-0.15, -0.1) is 0 Å². The summed E-state index contributed by atoms with van der Waals surface area (Å²) >= 11 is 0. The lowest BCUT2D eigenvalue weighted by molar-refractivity contribution is 0.589. The van der Waals surface area contributed by atoms with Gasteiger partial charge in [0.1, 0.15) is 0 Å². The molecule has 2 aliphatic rings. The Kier molecular flexibility index (Phi) is 4.05. The monoisotopic (exact) mass is 364 g/mol. The van der Waals surface area contributed by atoms with Crippen LogP contribution in [-0.2, 0) is 11.8 Å². The van der Waals surface area contributed by atoms with Gasteiger partial charge in [-0.2, -0.15) is 0 Å². The number of fused-ring (bicyclic) bond motifs is 5. The Hall–Kier alpha value is -2.60. The molecule has 0 aliphatic heterocycles. The van der Waals surface area contributed by atoms with Crippen LogP contribution in [0.4, 0.5) is 0 Å². The van der Waals surface area contributed by atoms with Gasteiger partial charge in [-0.1, -0.05) is 93.6 Å². The molecule has 0 amide bonds. The van der Waals surface area contributed by atoms with E-state index in [1.165, 1.54) is 43.5 Å². The van der Waals surface area contributed by atoms with E-state index in [0.717, 1.165) is 19.3 Å². The first-order valence-corrected chi connectivity index (χ1v) is 10.5. The second-order valence-electron chi connectivity index (χ2n) is 9.35. The average Bonchev–Trinajstić information content (AvgIpc) is 2.72. The summed E-state index contributed by atoms with van der Waals surface area (Å²) in [5, 5.41) is 5.65. The molecule has 0 saturated heterocycles. The van der Waals surface area contributed by atoms with Crippen molar-refractivity contribution < 1.29 is 0 Å². The quantitative estimate of drug-likeness (QED) is 0.508. The maximum Gasteiger partial charge on any atom is -0.00862 e. The van der Waals surface area contributed by atoms with Gasteiger partial charge in [-0.3, -0.25) is 0 Å². The Morgan fingerprint density at radius 2 is 1.54 bits per heavy atom. The Balaban J connectivity index is 1.57. The van der Waals surface area contributed by atoms with Crippen molar-refractivity contribution in [3.05, 3.63) is 87.3 Å². The molecular formula is C28H28. The van der Waals surface area contributed by atoms with Gasteiger partial charge in [0.25, 0.3) is 0 Å². The fourth-order valence-corrected chi connectivity index (χ4v) is 4.80. The molecule has 0 spiro atoms. The van der Waals surface area contributed by atoms with Crippen LogP contribution >= 0.6 is 0 Å². The van der Waals surface area contributed by atoms with Crippen LogP contribution in [0, 0.1) is 0 Å². The molecule has 28 heavy (non-hydrogen) atoms. The van der Waals surface area contributed by atoms with E-state index in [0.29, 0.717) is 5.92 Å². The molecule has 0 saturated carbocycles. The van der Waals surface area contributed by atoms with Crippen molar-refractivity contribution >= 4 is 29.0 Å². The first-order valence-electron chi connectivity index (χ1n) is 10.5. The largest absolute Gasteiger partial charge is 0.0801 e. The highest BCUT2D eigenvalue weighted by atomic mass is 14.2. The van der Waals surface area contributed by atoms with Crippen molar-refractivity contribution in [3.63, 3.8) is 0 Å². The molecule has 1 atom stereocenters. The second-order valence-corrected chi connectivity index (χ2v) is 9.35. The van der Waals surface area contributed by atoms with Gasteiger partial charge in [-0.05, 0) is 74.1 Å². The molecule has 0 aromatic heterocycles. The van der Waals surface area contributed by atoms with Gasteiger partial charge < -0.3 is 0 Å². The molecule has 0 heteroatoms. The van der Waals surface area contributed by atoms with Crippen LogP contribution < -0.4 is 10.4 Å². The molecule has 0 nitrogen and oxygen atoms in total. The topological polar surface area (TPSA) is 0 Å². The summed E-state index contributed by atoms with van der Waals surface area (Å²) in [7, 11) is 0. The molecule has 3 aromatic rings. The van der Waals surface area contributed by atoms with E-state index in [4.69, 9.17) is 0 Å². The molecule has 1 unspecified atom stereocenters. The Morgan fingerprint density at radius 1 is 0.786 bits per heavy atom. The minimum absolute atomic E-state index is 0.212. The van der Waals surface area contributed by atoms with Crippen molar-refractivity contribution in [2.45, 2.75) is 51.4 Å². The third kappa shape index (κ3) is 2.92. The third-order valence-corrected chi connectivity index (χ3v) is 6.50. The summed E-state index contributed by atoms with van der Waals surface area (Å²) < 4.78 is 0. The summed E-state index contributed by atoms with van der Waals surface area (Å²) in [5.41, 5.74) is 6.01. The highest BCUT2D eigenvalue weighted by Crippen LogP contribution is 2.32. The van der Waals surface area contributed by atoms with E-state index in [-0.39, 0.29) is 5.41 Å². The highest BCUT2D eigenvalue weighted by molar-refractivity contribution is 5.94. The van der Waals surface area contributed by atoms with Crippen LogP contribution in [0.25, 0.3) is 29.0 Å². The van der Waals surface area contributed by atoms with Gasteiger partial charge >= 0.3 is 0 Å². The zero-order valence-corrected chi connectivity index (χ0v) is 17.1. The first kappa shape index (κ1) is 17.5. The van der Waals surface area contributed by atoms with Crippen molar-refractivity contribution in [2.24, 2.45) is 0 Å². The Morgan fingerprint density at radius 3 is 2.32 bits per heavy atom. The fraction of sp³-hybridized carbons (Fsp3) is 0.286. The number of benzene rings is 3. The van der Waals surface area contributed by atoms with E-state index < -0.39 is 0 Å². The summed E-state index contributed by atoms with van der Waals surface area (Å²) in [6.45, 7) is 6.85. The van der Waals surface area contributed by atoms with Crippen molar-refractivity contribution in [1.82, 2.24) is 0 Å². The highest BCUT2D eigenvalue weighted by Gasteiger charge is 2.20. The third-order valence-electron chi connectivity index (χ3n) is 6.50. The molecule has 0 radical (unpaired) electrons. The molecule has 3 aromatic carbocycles. The molecule has 0 fully saturated rings. The summed E-state index contributed by atoms with van der Waals surface area (Å²) in [6.07, 6.45) is 12.7. The van der Waals surface area contributed by atoms with Crippen LogP contribution in [0.2, 0.25) is 0 Å². The molecule has 0 N–H and O–H groups in total. The molecular weight excluding hydrogens is 336 g/mol. The summed E-state index contributed by atoms with van der Waals surface area (Å²) in [4.78, 5) is 0. The van der Waals surface area contributed by atoms with E-state index in [2.05, 4.69) is 93.6 Å². The first-order chi connectivity index (χ1) is 13.5. The maximum absolute atomic E-state index is 2.45. The lowest BCUT2D eigenvalue weighted by Crippen LogP contribution is -2.20. The normalized spacial score (nSPS) is 18.2. The number of allylic oxidation sites excluding steroid dienone is 1. The smallest absolute Gasteiger partial charge is 0.00862 e. The van der Waals surface area contributed by atoms with Crippen molar-refractivity contribution in [1.29, 1.82) is 0 Å². The second kappa shape index (κ2) is 6.48. The number of hydrogen-bond acceptors (Lipinski definition) is 0. The maximum atomic E-state index is 2.45. The lowest BCUT2D eigenvalue weighted by Gasteiger charge is -2.24. The van der Waals surface area contributed by atoms with E-state index in [1.54, 1.807) is 0 Å². The van der Waals surface area contributed by atoms with Crippen molar-refractivity contribution in [3.8, 4) is 0 Å². The standard InChI is InChI=1S/C28H28/c1-28(2,3)23-14-10-19(11-15-23)22-9-8-21-13-16-25-24-7-5-4-6-20(24)12-17-26(25)27(21)18-22/h5-8,10-17,22H,4,9,18H2,1-3H3. The Bertz CT molecular complexity index is 1200. The van der Waals surface area contributed by atoms with Crippen LogP contribution in [0.5, 0.6) is 0 Å². The van der Waals surface area contributed by atoms with Crippen LogP contribution in [0.1, 0.15) is 61.8 Å². The van der Waals surface area contributed by atoms with Gasteiger partial charge in [0.2, 0.25) is 0 Å². The summed E-state index contributed by atoms with van der Waals surface area (Å²) in [5.74, 6) is 0.574. The lowest BCUT2D eigenvalue weighted by atomic mass is 9.80. The number of hydrogen-bond donors (Lipinski definition) is 0. The van der Waals surface area contributed by atoms with Gasteiger partial charge in [0.05, 0.1) is 0 Å². The SMILES string of the molecule is CC(C)(C)c1ccc(C2CC=c3ccc4c5c(ccc4c3C2)=CCC=C5)cc1. The molecule has 140 valence electrons. The van der Waals surface area contributed by atoms with Crippen LogP contribution in [-0.4, -0.2) is 0 Å². The fourth-order valence-electron chi connectivity index (χ4n) is 4.80. The predicted molar refractivity (Wildman–Crippen MR) is 122 cm³/mol. The Labute approximate surface area is 167 Å². The van der Waals surface area contributed by atoms with Gasteiger partial charge in [0, 0.05) is 0 Å². The van der Waals surface area contributed by atoms with Gasteiger partial charge in [0.15, 0.2) is 0 Å². The number of rotatable bonds is 1. The molecule has 0 heterocycles. The van der Waals surface area contributed by atoms with Gasteiger partial charge in [-0.25, -0.2) is 0 Å². The van der Waals surface area contributed by atoms with Crippen LogP contribution in [0.15, 0.2) is 54.6 Å².